The van der Waals surface area contributed by atoms with Crippen molar-refractivity contribution >= 4 is 38.9 Å². The topological polar surface area (TPSA) is 75.7 Å². The largest absolute Gasteiger partial charge is 0.495 e. The first-order valence-electron chi connectivity index (χ1n) is 8.79. The lowest BCUT2D eigenvalue weighted by atomic mass is 10.1. The molecule has 0 radical (unpaired) electrons. The van der Waals surface area contributed by atoms with E-state index in [1.54, 1.807) is 37.3 Å². The van der Waals surface area contributed by atoms with Crippen molar-refractivity contribution in [2.24, 2.45) is 0 Å². The molecule has 0 aliphatic heterocycles. The van der Waals surface area contributed by atoms with Gasteiger partial charge >= 0.3 is 0 Å². The van der Waals surface area contributed by atoms with Gasteiger partial charge in [-0.05, 0) is 61.7 Å². The van der Waals surface area contributed by atoms with E-state index >= 15 is 0 Å². The first-order valence-corrected chi connectivity index (χ1v) is 11.0. The van der Waals surface area contributed by atoms with Crippen molar-refractivity contribution in [1.82, 2.24) is 0 Å². The smallest absolute Gasteiger partial charge is 0.248 e. The minimum absolute atomic E-state index is 0.301. The molecule has 0 bridgehead atoms. The lowest BCUT2D eigenvalue weighted by molar-refractivity contribution is -0.117. The second kappa shape index (κ2) is 8.84. The third-order valence-electron chi connectivity index (χ3n) is 4.49. The maximum absolute atomic E-state index is 12.9. The standard InChI is InChI=1S/C20H25ClN2O4S/c1-6-18(20(24)22-15-8-10-19(27-4)17(21)12-15)23(28(5,25)26)16-9-7-13(2)14(3)11-16/h7-12,18H,6H2,1-5H3,(H,22,24). The molecule has 152 valence electrons. The van der Waals surface area contributed by atoms with Gasteiger partial charge in [-0.3, -0.25) is 9.10 Å². The van der Waals surface area contributed by atoms with Crippen LogP contribution in [0, 0.1) is 13.8 Å². The highest BCUT2D eigenvalue weighted by atomic mass is 35.5. The summed E-state index contributed by atoms with van der Waals surface area (Å²) >= 11 is 6.11. The van der Waals surface area contributed by atoms with Crippen molar-refractivity contribution in [1.29, 1.82) is 0 Å². The summed E-state index contributed by atoms with van der Waals surface area (Å²) in [6.07, 6.45) is 1.40. The average molecular weight is 425 g/mol. The van der Waals surface area contributed by atoms with Crippen LogP contribution in [0.3, 0.4) is 0 Å². The number of carbonyl (C=O) groups is 1. The summed E-state index contributed by atoms with van der Waals surface area (Å²) in [6, 6.07) is 9.27. The average Bonchev–Trinajstić information content (AvgIpc) is 2.61. The molecule has 2 aromatic rings. The van der Waals surface area contributed by atoms with Gasteiger partial charge in [-0.1, -0.05) is 24.6 Å². The molecule has 1 atom stereocenters. The Balaban J connectivity index is 2.38. The number of nitrogens with zero attached hydrogens (tertiary/aromatic N) is 1. The molecule has 2 aromatic carbocycles. The summed E-state index contributed by atoms with van der Waals surface area (Å²) in [5.41, 5.74) is 2.91. The zero-order chi connectivity index (χ0) is 21.1. The highest BCUT2D eigenvalue weighted by molar-refractivity contribution is 7.92. The molecule has 6 nitrogen and oxygen atoms in total. The van der Waals surface area contributed by atoms with Crippen molar-refractivity contribution < 1.29 is 17.9 Å². The Morgan fingerprint density at radius 1 is 1.18 bits per heavy atom. The zero-order valence-corrected chi connectivity index (χ0v) is 18.2. The number of nitrogens with one attached hydrogen (secondary N) is 1. The lowest BCUT2D eigenvalue weighted by Crippen LogP contribution is -2.47. The van der Waals surface area contributed by atoms with E-state index in [0.29, 0.717) is 28.6 Å². The SMILES string of the molecule is CCC(C(=O)Nc1ccc(OC)c(Cl)c1)N(c1ccc(C)c(C)c1)S(C)(=O)=O. The third-order valence-corrected chi connectivity index (χ3v) is 5.97. The van der Waals surface area contributed by atoms with Gasteiger partial charge in [0, 0.05) is 5.69 Å². The van der Waals surface area contributed by atoms with Gasteiger partial charge in [0.15, 0.2) is 0 Å². The minimum atomic E-state index is -3.69. The number of halogens is 1. The van der Waals surface area contributed by atoms with Crippen LogP contribution >= 0.6 is 11.6 Å². The molecule has 0 saturated heterocycles. The van der Waals surface area contributed by atoms with Crippen LogP contribution in [0.2, 0.25) is 5.02 Å². The summed E-state index contributed by atoms with van der Waals surface area (Å²) < 4.78 is 31.3. The molecule has 8 heteroatoms. The van der Waals surface area contributed by atoms with E-state index in [-0.39, 0.29) is 0 Å². The van der Waals surface area contributed by atoms with Crippen LogP contribution in [0.5, 0.6) is 5.75 Å². The fourth-order valence-corrected chi connectivity index (χ4v) is 4.35. The number of rotatable bonds is 7. The van der Waals surface area contributed by atoms with E-state index in [1.165, 1.54) is 11.4 Å². The van der Waals surface area contributed by atoms with Crippen LogP contribution in [0.15, 0.2) is 36.4 Å². The number of amides is 1. The number of sulfonamides is 1. The minimum Gasteiger partial charge on any atom is -0.495 e. The number of benzene rings is 2. The van der Waals surface area contributed by atoms with E-state index < -0.39 is 22.0 Å². The fourth-order valence-electron chi connectivity index (χ4n) is 2.89. The van der Waals surface area contributed by atoms with Gasteiger partial charge in [0.25, 0.3) is 0 Å². The maximum atomic E-state index is 12.9. The number of anilines is 2. The van der Waals surface area contributed by atoms with Crippen LogP contribution in [-0.2, 0) is 14.8 Å². The van der Waals surface area contributed by atoms with Gasteiger partial charge in [-0.2, -0.15) is 0 Å². The van der Waals surface area contributed by atoms with E-state index in [1.807, 2.05) is 19.9 Å². The number of hydrogen-bond donors (Lipinski definition) is 1. The van der Waals surface area contributed by atoms with E-state index in [0.717, 1.165) is 17.4 Å². The van der Waals surface area contributed by atoms with Crippen LogP contribution in [0.25, 0.3) is 0 Å². The lowest BCUT2D eigenvalue weighted by Gasteiger charge is -2.30. The highest BCUT2D eigenvalue weighted by Crippen LogP contribution is 2.29. The predicted molar refractivity (Wildman–Crippen MR) is 114 cm³/mol. The van der Waals surface area contributed by atoms with Crippen molar-refractivity contribution in [3.63, 3.8) is 0 Å². The normalized spacial score (nSPS) is 12.4. The molecule has 1 N–H and O–H groups in total. The molecule has 0 aliphatic rings. The Bertz CT molecular complexity index is 976. The first-order chi connectivity index (χ1) is 13.1. The summed E-state index contributed by atoms with van der Waals surface area (Å²) in [4.78, 5) is 12.9. The molecule has 0 fully saturated rings. The van der Waals surface area contributed by atoms with Gasteiger partial charge in [0.05, 0.1) is 24.1 Å². The van der Waals surface area contributed by atoms with Crippen LogP contribution in [-0.4, -0.2) is 33.7 Å². The zero-order valence-electron chi connectivity index (χ0n) is 16.6. The van der Waals surface area contributed by atoms with Gasteiger partial charge in [0.2, 0.25) is 15.9 Å². The Morgan fingerprint density at radius 2 is 1.86 bits per heavy atom. The Morgan fingerprint density at radius 3 is 2.36 bits per heavy atom. The van der Waals surface area contributed by atoms with Crippen molar-refractivity contribution in [3.05, 3.63) is 52.5 Å². The number of carbonyl (C=O) groups excluding carboxylic acids is 1. The molecule has 1 amide bonds. The number of ether oxygens (including phenoxy) is 1. The van der Waals surface area contributed by atoms with Crippen molar-refractivity contribution in [3.8, 4) is 5.75 Å². The second-order valence-corrected chi connectivity index (χ2v) is 8.86. The summed E-state index contributed by atoms with van der Waals surface area (Å²) in [5, 5.41) is 3.10. The molecule has 1 unspecified atom stereocenters. The second-order valence-electron chi connectivity index (χ2n) is 6.59. The van der Waals surface area contributed by atoms with Gasteiger partial charge < -0.3 is 10.1 Å². The Labute approximate surface area is 171 Å². The molecule has 0 heterocycles. The molecule has 0 aromatic heterocycles. The summed E-state index contributed by atoms with van der Waals surface area (Å²) in [5.74, 6) is 0.0481. The summed E-state index contributed by atoms with van der Waals surface area (Å²) in [6.45, 7) is 5.62. The van der Waals surface area contributed by atoms with Crippen LogP contribution in [0.1, 0.15) is 24.5 Å². The van der Waals surface area contributed by atoms with Crippen LogP contribution in [0.4, 0.5) is 11.4 Å². The monoisotopic (exact) mass is 424 g/mol. The third kappa shape index (κ3) is 4.97. The molecule has 2 rings (SSSR count). The van der Waals surface area contributed by atoms with E-state index in [4.69, 9.17) is 16.3 Å². The molecular weight excluding hydrogens is 400 g/mol. The van der Waals surface area contributed by atoms with Crippen LogP contribution < -0.4 is 14.4 Å². The molecule has 0 spiro atoms. The van der Waals surface area contributed by atoms with Gasteiger partial charge in [-0.25, -0.2) is 8.42 Å². The summed E-state index contributed by atoms with van der Waals surface area (Å²) in [7, 11) is -2.19. The van der Waals surface area contributed by atoms with Crippen molar-refractivity contribution in [2.45, 2.75) is 33.2 Å². The number of methoxy groups -OCH3 is 1. The Kier molecular flexibility index (Phi) is 6.96. The Hall–Kier alpha value is -2.25. The molecule has 28 heavy (non-hydrogen) atoms. The molecular formula is C20H25ClN2O4S. The van der Waals surface area contributed by atoms with Gasteiger partial charge in [-0.15, -0.1) is 0 Å². The van der Waals surface area contributed by atoms with E-state index in [9.17, 15) is 13.2 Å². The van der Waals surface area contributed by atoms with Gasteiger partial charge in [0.1, 0.15) is 11.8 Å². The molecule has 0 saturated carbocycles. The maximum Gasteiger partial charge on any atom is 0.248 e. The fraction of sp³-hybridized carbons (Fsp3) is 0.350. The van der Waals surface area contributed by atoms with E-state index in [2.05, 4.69) is 5.32 Å². The number of aryl methyl sites for hydroxylation is 2. The quantitative estimate of drug-likeness (QED) is 0.724. The first kappa shape index (κ1) is 22.0. The number of hydrogen-bond acceptors (Lipinski definition) is 4. The highest BCUT2D eigenvalue weighted by Gasteiger charge is 2.31. The van der Waals surface area contributed by atoms with Crippen molar-refractivity contribution in [2.75, 3.05) is 23.0 Å². The molecule has 0 aliphatic carbocycles. The predicted octanol–water partition coefficient (Wildman–Crippen LogP) is 4.15.